The standard InChI is InChI=1S/C27H29FO4S/c1-26(2)11-17(29)23(18(30)12-26)25(24-19(31)13-27(3,4)14-20(24)32)22-10-9-21(33-22)15-7-5-6-8-16(15)28/h5-10,25,29,31H,11-14H2,1-4H3. The van der Waals surface area contributed by atoms with Crippen molar-refractivity contribution < 1.29 is 24.2 Å². The van der Waals surface area contributed by atoms with Gasteiger partial charge in [0.25, 0.3) is 0 Å². The highest BCUT2D eigenvalue weighted by Gasteiger charge is 2.44. The minimum atomic E-state index is -0.872. The van der Waals surface area contributed by atoms with Gasteiger partial charge in [0.15, 0.2) is 11.6 Å². The molecule has 174 valence electrons. The number of halogens is 1. The largest absolute Gasteiger partial charge is 0.512 e. The normalized spacial score (nSPS) is 20.7. The number of rotatable bonds is 4. The number of aliphatic hydroxyl groups is 2. The first kappa shape index (κ1) is 23.4. The van der Waals surface area contributed by atoms with Gasteiger partial charge >= 0.3 is 0 Å². The molecule has 4 nitrogen and oxygen atoms in total. The first-order chi connectivity index (χ1) is 15.4. The first-order valence-electron chi connectivity index (χ1n) is 11.1. The molecule has 0 fully saturated rings. The number of aliphatic hydroxyl groups excluding tert-OH is 2. The lowest BCUT2D eigenvalue weighted by atomic mass is 9.68. The average Bonchev–Trinajstić information content (AvgIpc) is 3.13. The zero-order chi connectivity index (χ0) is 24.1. The molecule has 0 radical (unpaired) electrons. The van der Waals surface area contributed by atoms with Crippen molar-refractivity contribution >= 4 is 22.9 Å². The molecule has 4 rings (SSSR count). The number of allylic oxidation sites excluding steroid dienone is 4. The van der Waals surface area contributed by atoms with E-state index in [1.165, 1.54) is 17.4 Å². The molecular formula is C27H29FO4S. The Labute approximate surface area is 197 Å². The molecule has 0 saturated heterocycles. The van der Waals surface area contributed by atoms with E-state index < -0.39 is 16.7 Å². The summed E-state index contributed by atoms with van der Waals surface area (Å²) < 4.78 is 14.4. The third kappa shape index (κ3) is 4.54. The van der Waals surface area contributed by atoms with Crippen molar-refractivity contribution in [2.45, 2.75) is 59.3 Å². The van der Waals surface area contributed by atoms with Gasteiger partial charge < -0.3 is 10.2 Å². The maximum atomic E-state index is 14.4. The van der Waals surface area contributed by atoms with Gasteiger partial charge in [-0.2, -0.15) is 0 Å². The van der Waals surface area contributed by atoms with Crippen LogP contribution < -0.4 is 0 Å². The van der Waals surface area contributed by atoms with E-state index in [0.717, 1.165) is 0 Å². The molecule has 2 N–H and O–H groups in total. The van der Waals surface area contributed by atoms with Crippen LogP contribution in [0, 0.1) is 16.6 Å². The van der Waals surface area contributed by atoms with Gasteiger partial charge in [0.2, 0.25) is 0 Å². The molecule has 1 aromatic heterocycles. The number of carbonyl (C=O) groups is 2. The van der Waals surface area contributed by atoms with Gasteiger partial charge in [-0.1, -0.05) is 45.9 Å². The summed E-state index contributed by atoms with van der Waals surface area (Å²) in [5.41, 5.74) is -0.0106. The van der Waals surface area contributed by atoms with Crippen LogP contribution in [-0.4, -0.2) is 21.8 Å². The van der Waals surface area contributed by atoms with Crippen molar-refractivity contribution in [3.63, 3.8) is 0 Å². The number of carbonyl (C=O) groups excluding carboxylic acids is 2. The second kappa shape index (κ2) is 8.24. The third-order valence-corrected chi connectivity index (χ3v) is 7.60. The van der Waals surface area contributed by atoms with Gasteiger partial charge in [0.1, 0.15) is 17.3 Å². The summed E-state index contributed by atoms with van der Waals surface area (Å²) in [5.74, 6) is -1.78. The quantitative estimate of drug-likeness (QED) is 0.505. The van der Waals surface area contributed by atoms with Crippen LogP contribution in [0.1, 0.15) is 64.2 Å². The summed E-state index contributed by atoms with van der Waals surface area (Å²) in [6.45, 7) is 7.66. The van der Waals surface area contributed by atoms with Crippen molar-refractivity contribution in [3.8, 4) is 10.4 Å². The molecule has 0 aliphatic heterocycles. The lowest BCUT2D eigenvalue weighted by Crippen LogP contribution is -2.33. The average molecular weight is 469 g/mol. The summed E-state index contributed by atoms with van der Waals surface area (Å²) in [6, 6.07) is 9.95. The molecule has 6 heteroatoms. The van der Waals surface area contributed by atoms with Crippen LogP contribution in [0.5, 0.6) is 0 Å². The van der Waals surface area contributed by atoms with Crippen LogP contribution >= 0.6 is 11.3 Å². The number of hydrogen-bond acceptors (Lipinski definition) is 5. The zero-order valence-electron chi connectivity index (χ0n) is 19.4. The van der Waals surface area contributed by atoms with E-state index in [2.05, 4.69) is 0 Å². The Kier molecular flexibility index (Phi) is 5.85. The monoisotopic (exact) mass is 468 g/mol. The van der Waals surface area contributed by atoms with Gasteiger partial charge in [0, 0.05) is 52.1 Å². The van der Waals surface area contributed by atoms with Gasteiger partial charge in [-0.15, -0.1) is 11.3 Å². The summed E-state index contributed by atoms with van der Waals surface area (Å²) in [5, 5.41) is 21.9. The lowest BCUT2D eigenvalue weighted by Gasteiger charge is -2.36. The van der Waals surface area contributed by atoms with E-state index in [-0.39, 0.29) is 52.9 Å². The Morgan fingerprint density at radius 1 is 0.818 bits per heavy atom. The predicted octanol–water partition coefficient (Wildman–Crippen LogP) is 7.04. The number of Topliss-reactive ketones (excluding diaryl/α,β-unsaturated/α-hetero) is 2. The molecule has 2 aromatic rings. The zero-order valence-corrected chi connectivity index (χ0v) is 20.2. The minimum absolute atomic E-state index is 0.0416. The van der Waals surface area contributed by atoms with Crippen LogP contribution in [0.25, 0.3) is 10.4 Å². The number of ketones is 2. The maximum Gasteiger partial charge on any atom is 0.163 e. The van der Waals surface area contributed by atoms with Crippen molar-refractivity contribution in [3.05, 3.63) is 69.8 Å². The Bertz CT molecular complexity index is 1150. The maximum absolute atomic E-state index is 14.4. The number of benzene rings is 1. The molecule has 1 heterocycles. The lowest BCUT2D eigenvalue weighted by molar-refractivity contribution is -0.119. The van der Waals surface area contributed by atoms with Crippen LogP contribution in [-0.2, 0) is 9.59 Å². The highest BCUT2D eigenvalue weighted by molar-refractivity contribution is 7.15. The minimum Gasteiger partial charge on any atom is -0.512 e. The van der Waals surface area contributed by atoms with Crippen molar-refractivity contribution in [2.75, 3.05) is 0 Å². The highest BCUT2D eigenvalue weighted by Crippen LogP contribution is 2.49. The second-order valence-electron chi connectivity index (χ2n) is 10.7. The fourth-order valence-electron chi connectivity index (χ4n) is 5.00. The predicted molar refractivity (Wildman–Crippen MR) is 128 cm³/mol. The summed E-state index contributed by atoms with van der Waals surface area (Å²) >= 11 is 1.27. The highest BCUT2D eigenvalue weighted by atomic mass is 32.1. The summed E-state index contributed by atoms with van der Waals surface area (Å²) in [6.07, 6.45) is 1.10. The van der Waals surface area contributed by atoms with E-state index in [0.29, 0.717) is 28.2 Å². The smallest absolute Gasteiger partial charge is 0.163 e. The molecule has 33 heavy (non-hydrogen) atoms. The van der Waals surface area contributed by atoms with Gasteiger partial charge in [-0.3, -0.25) is 9.59 Å². The van der Waals surface area contributed by atoms with Crippen molar-refractivity contribution in [1.29, 1.82) is 0 Å². The van der Waals surface area contributed by atoms with E-state index in [1.807, 2.05) is 27.7 Å². The molecule has 2 aliphatic rings. The summed E-state index contributed by atoms with van der Waals surface area (Å²) in [4.78, 5) is 27.8. The molecule has 0 unspecified atom stereocenters. The third-order valence-electron chi connectivity index (χ3n) is 6.42. The molecule has 0 saturated carbocycles. The fraction of sp³-hybridized carbons (Fsp3) is 0.407. The van der Waals surface area contributed by atoms with Crippen molar-refractivity contribution in [1.82, 2.24) is 0 Å². The van der Waals surface area contributed by atoms with Crippen LogP contribution in [0.4, 0.5) is 4.39 Å². The molecule has 0 bridgehead atoms. The second-order valence-corrected chi connectivity index (χ2v) is 11.8. The van der Waals surface area contributed by atoms with E-state index >= 15 is 0 Å². The van der Waals surface area contributed by atoms with Crippen LogP contribution in [0.3, 0.4) is 0 Å². The Morgan fingerprint density at radius 3 is 1.82 bits per heavy atom. The van der Waals surface area contributed by atoms with Gasteiger partial charge in [-0.25, -0.2) is 4.39 Å². The number of hydrogen-bond donors (Lipinski definition) is 2. The molecule has 0 amide bonds. The Morgan fingerprint density at radius 2 is 1.33 bits per heavy atom. The fourth-order valence-corrected chi connectivity index (χ4v) is 6.16. The topological polar surface area (TPSA) is 74.6 Å². The van der Waals surface area contributed by atoms with E-state index in [4.69, 9.17) is 0 Å². The summed E-state index contributed by atoms with van der Waals surface area (Å²) in [7, 11) is 0. The van der Waals surface area contributed by atoms with E-state index in [1.54, 1.807) is 30.3 Å². The Balaban J connectivity index is 1.90. The Hall–Kier alpha value is -2.73. The molecule has 1 aromatic carbocycles. The number of thiophene rings is 1. The van der Waals surface area contributed by atoms with E-state index in [9.17, 15) is 24.2 Å². The van der Waals surface area contributed by atoms with Crippen molar-refractivity contribution in [2.24, 2.45) is 10.8 Å². The SMILES string of the molecule is CC1(C)CC(=O)C(C(C2=C(O)CC(C)(C)CC2=O)c2ccc(-c3ccccc3F)s2)=C(O)C1. The molecule has 0 atom stereocenters. The molecular weight excluding hydrogens is 439 g/mol. The van der Waals surface area contributed by atoms with Crippen LogP contribution in [0.15, 0.2) is 59.1 Å². The van der Waals surface area contributed by atoms with Gasteiger partial charge in [0.05, 0.1) is 5.92 Å². The van der Waals surface area contributed by atoms with Crippen LogP contribution in [0.2, 0.25) is 0 Å². The molecule has 2 aliphatic carbocycles. The molecule has 0 spiro atoms. The first-order valence-corrected chi connectivity index (χ1v) is 12.0. The van der Waals surface area contributed by atoms with Gasteiger partial charge in [-0.05, 0) is 29.0 Å².